The van der Waals surface area contributed by atoms with E-state index < -0.39 is 5.91 Å². The fraction of sp³-hybridized carbons (Fsp3) is 0. The molecule has 0 saturated heterocycles. The van der Waals surface area contributed by atoms with Gasteiger partial charge >= 0.3 is 0 Å². The van der Waals surface area contributed by atoms with E-state index in [4.69, 9.17) is 10.5 Å². The van der Waals surface area contributed by atoms with Crippen LogP contribution in [0.2, 0.25) is 0 Å². The Bertz CT molecular complexity index is 751. The lowest BCUT2D eigenvalue weighted by atomic mass is 10.1. The molecule has 0 atom stereocenters. The average Bonchev–Trinajstić information content (AvgIpc) is 2.99. The van der Waals surface area contributed by atoms with Gasteiger partial charge in [-0.1, -0.05) is 18.2 Å². The van der Waals surface area contributed by atoms with Gasteiger partial charge in [-0.2, -0.15) is 15.4 Å². The zero-order valence-electron chi connectivity index (χ0n) is 11.0. The third-order valence-electron chi connectivity index (χ3n) is 2.89. The van der Waals surface area contributed by atoms with E-state index in [-0.39, 0.29) is 5.69 Å². The molecule has 0 aliphatic rings. The molecule has 3 aromatic rings. The molecule has 104 valence electrons. The van der Waals surface area contributed by atoms with Gasteiger partial charge in [-0.05, 0) is 36.4 Å². The van der Waals surface area contributed by atoms with Crippen LogP contribution >= 0.6 is 0 Å². The molecule has 6 nitrogen and oxygen atoms in total. The summed E-state index contributed by atoms with van der Waals surface area (Å²) in [5, 5.41) is 10.1. The molecular weight excluding hydrogens is 268 g/mol. The summed E-state index contributed by atoms with van der Waals surface area (Å²) in [5.74, 6) is 0.821. The van der Waals surface area contributed by atoms with Crippen molar-refractivity contribution in [2.45, 2.75) is 0 Å². The van der Waals surface area contributed by atoms with Crippen LogP contribution in [0.25, 0.3) is 11.3 Å². The van der Waals surface area contributed by atoms with E-state index in [0.717, 1.165) is 11.3 Å². The van der Waals surface area contributed by atoms with Gasteiger partial charge in [0.05, 0.1) is 0 Å². The zero-order valence-corrected chi connectivity index (χ0v) is 11.0. The zero-order chi connectivity index (χ0) is 14.7. The van der Waals surface area contributed by atoms with Crippen LogP contribution in [-0.2, 0) is 0 Å². The highest BCUT2D eigenvalue weighted by Crippen LogP contribution is 2.25. The maximum Gasteiger partial charge on any atom is 0.271 e. The van der Waals surface area contributed by atoms with Crippen molar-refractivity contribution in [2.75, 3.05) is 0 Å². The normalized spacial score (nSPS) is 10.3. The van der Waals surface area contributed by atoms with Crippen LogP contribution in [0.5, 0.6) is 11.5 Å². The van der Waals surface area contributed by atoms with Crippen LogP contribution in [0.4, 0.5) is 0 Å². The largest absolute Gasteiger partial charge is 0.457 e. The van der Waals surface area contributed by atoms with Crippen LogP contribution in [0.1, 0.15) is 10.5 Å². The van der Waals surface area contributed by atoms with Crippen molar-refractivity contribution in [2.24, 2.45) is 5.73 Å². The molecule has 3 N–H and O–H groups in total. The standard InChI is InChI=1S/C15H12N4O2/c16-15(20)14-13(17-19-18-14)10-6-8-12(9-7-10)21-11-4-2-1-3-5-11/h1-9H,(H2,16,20)(H,17,18,19). The van der Waals surface area contributed by atoms with Crippen LogP contribution in [0.15, 0.2) is 54.6 Å². The summed E-state index contributed by atoms with van der Waals surface area (Å²) in [5.41, 5.74) is 6.52. The number of ether oxygens (including phenoxy) is 1. The molecule has 1 amide bonds. The number of carbonyl (C=O) groups is 1. The highest BCUT2D eigenvalue weighted by Gasteiger charge is 2.14. The summed E-state index contributed by atoms with van der Waals surface area (Å²) in [6, 6.07) is 16.6. The van der Waals surface area contributed by atoms with E-state index in [1.54, 1.807) is 24.3 Å². The van der Waals surface area contributed by atoms with Gasteiger partial charge in [0.15, 0.2) is 5.69 Å². The Labute approximate surface area is 120 Å². The SMILES string of the molecule is NC(=O)c1n[nH]nc1-c1ccc(Oc2ccccc2)cc1. The van der Waals surface area contributed by atoms with Crippen molar-refractivity contribution in [1.82, 2.24) is 15.4 Å². The van der Waals surface area contributed by atoms with Gasteiger partial charge in [0.2, 0.25) is 0 Å². The van der Waals surface area contributed by atoms with Crippen molar-refractivity contribution >= 4 is 5.91 Å². The van der Waals surface area contributed by atoms with Gasteiger partial charge in [-0.25, -0.2) is 0 Å². The number of benzene rings is 2. The molecule has 1 heterocycles. The Hall–Kier alpha value is -3.15. The second kappa shape index (κ2) is 5.46. The highest BCUT2D eigenvalue weighted by atomic mass is 16.5. The van der Waals surface area contributed by atoms with Gasteiger partial charge in [-0.3, -0.25) is 4.79 Å². The lowest BCUT2D eigenvalue weighted by molar-refractivity contribution is 0.0996. The van der Waals surface area contributed by atoms with E-state index in [2.05, 4.69) is 15.4 Å². The number of hydrogen-bond donors (Lipinski definition) is 2. The first-order valence-electron chi connectivity index (χ1n) is 6.28. The lowest BCUT2D eigenvalue weighted by Crippen LogP contribution is -2.12. The first kappa shape index (κ1) is 12.9. The Balaban J connectivity index is 1.84. The van der Waals surface area contributed by atoms with Gasteiger partial charge in [0.1, 0.15) is 17.2 Å². The van der Waals surface area contributed by atoms with Crippen molar-refractivity contribution in [3.05, 3.63) is 60.3 Å². The molecule has 21 heavy (non-hydrogen) atoms. The number of hydrogen-bond acceptors (Lipinski definition) is 4. The highest BCUT2D eigenvalue weighted by molar-refractivity contribution is 5.96. The molecule has 0 unspecified atom stereocenters. The van der Waals surface area contributed by atoms with Crippen molar-refractivity contribution in [1.29, 1.82) is 0 Å². The predicted molar refractivity (Wildman–Crippen MR) is 76.9 cm³/mol. The molecule has 0 aliphatic heterocycles. The first-order chi connectivity index (χ1) is 10.2. The van der Waals surface area contributed by atoms with E-state index in [1.165, 1.54) is 0 Å². The Morgan fingerprint density at radius 2 is 1.62 bits per heavy atom. The molecule has 0 fully saturated rings. The third-order valence-corrected chi connectivity index (χ3v) is 2.89. The van der Waals surface area contributed by atoms with Gasteiger partial charge < -0.3 is 10.5 Å². The van der Waals surface area contributed by atoms with Crippen LogP contribution in [-0.4, -0.2) is 21.3 Å². The number of primary amides is 1. The maximum absolute atomic E-state index is 11.2. The van der Waals surface area contributed by atoms with E-state index in [1.807, 2.05) is 30.3 Å². The summed E-state index contributed by atoms with van der Waals surface area (Å²) in [6.45, 7) is 0. The smallest absolute Gasteiger partial charge is 0.271 e. The Morgan fingerprint density at radius 3 is 2.29 bits per heavy atom. The fourth-order valence-electron chi connectivity index (χ4n) is 1.91. The van der Waals surface area contributed by atoms with Crippen LogP contribution in [0, 0.1) is 0 Å². The molecule has 1 aromatic heterocycles. The predicted octanol–water partition coefficient (Wildman–Crippen LogP) is 2.36. The number of nitrogens with one attached hydrogen (secondary N) is 1. The summed E-state index contributed by atoms with van der Waals surface area (Å²) < 4.78 is 5.69. The third kappa shape index (κ3) is 2.74. The van der Waals surface area contributed by atoms with Crippen LogP contribution in [0.3, 0.4) is 0 Å². The summed E-state index contributed by atoms with van der Waals surface area (Å²) in [4.78, 5) is 11.2. The Kier molecular flexibility index (Phi) is 3.34. The summed E-state index contributed by atoms with van der Waals surface area (Å²) in [6.07, 6.45) is 0. The minimum absolute atomic E-state index is 0.117. The number of aromatic nitrogens is 3. The monoisotopic (exact) mass is 280 g/mol. The number of nitrogens with two attached hydrogens (primary N) is 1. The number of carbonyl (C=O) groups excluding carboxylic acids is 1. The lowest BCUT2D eigenvalue weighted by Gasteiger charge is -2.06. The van der Waals surface area contributed by atoms with E-state index in [9.17, 15) is 4.79 Å². The fourth-order valence-corrected chi connectivity index (χ4v) is 1.91. The molecule has 0 bridgehead atoms. The van der Waals surface area contributed by atoms with Gasteiger partial charge in [0.25, 0.3) is 5.91 Å². The number of nitrogens with zero attached hydrogens (tertiary/aromatic N) is 2. The number of H-pyrrole nitrogens is 1. The van der Waals surface area contributed by atoms with Crippen molar-refractivity contribution < 1.29 is 9.53 Å². The molecule has 0 aliphatic carbocycles. The molecule has 6 heteroatoms. The number of para-hydroxylation sites is 1. The van der Waals surface area contributed by atoms with Gasteiger partial charge in [-0.15, -0.1) is 0 Å². The minimum Gasteiger partial charge on any atom is -0.457 e. The topological polar surface area (TPSA) is 93.9 Å². The molecule has 0 radical (unpaired) electrons. The van der Waals surface area contributed by atoms with E-state index in [0.29, 0.717) is 11.4 Å². The van der Waals surface area contributed by atoms with Crippen molar-refractivity contribution in [3.8, 4) is 22.8 Å². The van der Waals surface area contributed by atoms with Crippen LogP contribution < -0.4 is 10.5 Å². The molecule has 3 rings (SSSR count). The summed E-state index contributed by atoms with van der Waals surface area (Å²) in [7, 11) is 0. The average molecular weight is 280 g/mol. The van der Waals surface area contributed by atoms with E-state index >= 15 is 0 Å². The molecule has 0 saturated carbocycles. The number of aromatic amines is 1. The summed E-state index contributed by atoms with van der Waals surface area (Å²) >= 11 is 0. The molecular formula is C15H12N4O2. The maximum atomic E-state index is 11.2. The Morgan fingerprint density at radius 1 is 0.952 bits per heavy atom. The quantitative estimate of drug-likeness (QED) is 0.767. The van der Waals surface area contributed by atoms with Crippen molar-refractivity contribution in [3.63, 3.8) is 0 Å². The van der Waals surface area contributed by atoms with Gasteiger partial charge in [0, 0.05) is 5.56 Å². The number of rotatable bonds is 4. The molecule has 2 aromatic carbocycles. The first-order valence-corrected chi connectivity index (χ1v) is 6.28. The second-order valence-corrected chi connectivity index (χ2v) is 4.32. The molecule has 0 spiro atoms. The number of amides is 1. The minimum atomic E-state index is -0.622. The second-order valence-electron chi connectivity index (χ2n) is 4.32.